The smallest absolute Gasteiger partial charge is 0.408 e. The number of carbonyl (C=O) groups excluding carboxylic acids is 2. The molecule has 2 heterocycles. The van der Waals surface area contributed by atoms with E-state index in [9.17, 15) is 14.0 Å². The first-order chi connectivity index (χ1) is 15.5. The molecule has 2 aromatic carbocycles. The number of carbonyl (C=O) groups is 2. The number of alkyl carbamates (subject to hydrolysis) is 1. The van der Waals surface area contributed by atoms with Crippen LogP contribution in [0.1, 0.15) is 34.1 Å². The molecule has 0 unspecified atom stereocenters. The normalized spacial score (nSPS) is 14.6. The number of halogens is 2. The van der Waals surface area contributed by atoms with Crippen molar-refractivity contribution in [1.29, 1.82) is 0 Å². The van der Waals surface area contributed by atoms with Gasteiger partial charge in [-0.25, -0.2) is 9.18 Å². The lowest BCUT2D eigenvalue weighted by Gasteiger charge is -2.27. The van der Waals surface area contributed by atoms with Crippen LogP contribution < -0.4 is 15.4 Å². The summed E-state index contributed by atoms with van der Waals surface area (Å²) in [6, 6.07) is 14.0. The number of amides is 2. The Kier molecular flexibility index (Phi) is 6.51. The molecule has 0 spiro atoms. The standard InChI is InChI=1S/C23H19ClFN3O4/c24-18-12-14(7-8-19(18)25)27-22(29)17-6-3-5-16-20(9-11-31-21(16)17)28-23(30)32-13-15-4-1-2-10-26-15/h1-8,10,12,20H,9,11,13H2,(H,27,29)(H,28,30)/t20-/m0/s1. The van der Waals surface area contributed by atoms with Crippen molar-refractivity contribution in [3.63, 3.8) is 0 Å². The summed E-state index contributed by atoms with van der Waals surface area (Å²) in [4.78, 5) is 29.2. The van der Waals surface area contributed by atoms with E-state index in [2.05, 4.69) is 15.6 Å². The Morgan fingerprint density at radius 3 is 2.84 bits per heavy atom. The SMILES string of the molecule is O=C(N[C@H]1CCOc2c(C(=O)Nc3ccc(F)c(Cl)c3)cccc21)OCc1ccccn1. The van der Waals surface area contributed by atoms with E-state index in [1.165, 1.54) is 18.2 Å². The van der Waals surface area contributed by atoms with Crippen LogP contribution in [0.25, 0.3) is 0 Å². The Bertz CT molecular complexity index is 1140. The van der Waals surface area contributed by atoms with Crippen molar-refractivity contribution in [3.8, 4) is 5.75 Å². The van der Waals surface area contributed by atoms with Crippen LogP contribution in [0.2, 0.25) is 5.02 Å². The molecule has 1 aliphatic rings. The zero-order valence-corrected chi connectivity index (χ0v) is 17.6. The number of fused-ring (bicyclic) bond motifs is 1. The summed E-state index contributed by atoms with van der Waals surface area (Å²) >= 11 is 5.78. The van der Waals surface area contributed by atoms with Crippen molar-refractivity contribution in [2.75, 3.05) is 11.9 Å². The maximum Gasteiger partial charge on any atom is 0.408 e. The number of nitrogens with zero attached hydrogens (tertiary/aromatic N) is 1. The van der Waals surface area contributed by atoms with Gasteiger partial charge in [-0.3, -0.25) is 9.78 Å². The highest BCUT2D eigenvalue weighted by Gasteiger charge is 2.27. The number of ether oxygens (including phenoxy) is 2. The largest absolute Gasteiger partial charge is 0.492 e. The van der Waals surface area contributed by atoms with Gasteiger partial charge >= 0.3 is 6.09 Å². The van der Waals surface area contributed by atoms with Gasteiger partial charge in [0.2, 0.25) is 0 Å². The van der Waals surface area contributed by atoms with Crippen molar-refractivity contribution in [2.45, 2.75) is 19.1 Å². The third kappa shape index (κ3) is 4.97. The van der Waals surface area contributed by atoms with Gasteiger partial charge in [0.15, 0.2) is 0 Å². The molecule has 0 aliphatic carbocycles. The highest BCUT2D eigenvalue weighted by atomic mass is 35.5. The fourth-order valence-corrected chi connectivity index (χ4v) is 3.51. The molecule has 164 valence electrons. The first-order valence-electron chi connectivity index (χ1n) is 9.86. The number of rotatable bonds is 5. The molecule has 2 N–H and O–H groups in total. The zero-order valence-electron chi connectivity index (χ0n) is 16.8. The van der Waals surface area contributed by atoms with Crippen molar-refractivity contribution in [1.82, 2.24) is 10.3 Å². The van der Waals surface area contributed by atoms with E-state index in [0.717, 1.165) is 0 Å². The van der Waals surface area contributed by atoms with Gasteiger partial charge in [0, 0.05) is 23.9 Å². The van der Waals surface area contributed by atoms with Gasteiger partial charge in [-0.2, -0.15) is 0 Å². The molecule has 0 radical (unpaired) electrons. The summed E-state index contributed by atoms with van der Waals surface area (Å²) in [5.41, 5.74) is 1.93. The number of anilines is 1. The van der Waals surface area contributed by atoms with Crippen LogP contribution in [0.15, 0.2) is 60.8 Å². The van der Waals surface area contributed by atoms with Gasteiger partial charge in [0.1, 0.15) is 18.2 Å². The lowest BCUT2D eigenvalue weighted by molar-refractivity contribution is 0.102. The zero-order chi connectivity index (χ0) is 22.5. The van der Waals surface area contributed by atoms with E-state index < -0.39 is 17.8 Å². The van der Waals surface area contributed by atoms with E-state index in [1.54, 1.807) is 36.5 Å². The Morgan fingerprint density at radius 2 is 2.06 bits per heavy atom. The summed E-state index contributed by atoms with van der Waals surface area (Å²) in [5.74, 6) is -0.642. The summed E-state index contributed by atoms with van der Waals surface area (Å²) in [6.07, 6.45) is 1.55. The molecule has 1 aliphatic heterocycles. The second kappa shape index (κ2) is 9.65. The molecule has 1 aromatic heterocycles. The topological polar surface area (TPSA) is 89.5 Å². The quantitative estimate of drug-likeness (QED) is 0.572. The molecule has 32 heavy (non-hydrogen) atoms. The summed E-state index contributed by atoms with van der Waals surface area (Å²) in [5, 5.41) is 5.40. The molecule has 0 saturated heterocycles. The molecular weight excluding hydrogens is 437 g/mol. The monoisotopic (exact) mass is 455 g/mol. The van der Waals surface area contributed by atoms with Gasteiger partial charge in [-0.15, -0.1) is 0 Å². The Hall–Kier alpha value is -3.65. The molecule has 9 heteroatoms. The van der Waals surface area contributed by atoms with Crippen LogP contribution >= 0.6 is 11.6 Å². The summed E-state index contributed by atoms with van der Waals surface area (Å²) < 4.78 is 24.4. The van der Waals surface area contributed by atoms with Gasteiger partial charge < -0.3 is 20.1 Å². The third-order valence-electron chi connectivity index (χ3n) is 4.87. The molecule has 7 nitrogen and oxygen atoms in total. The Balaban J connectivity index is 1.46. The first-order valence-corrected chi connectivity index (χ1v) is 10.2. The van der Waals surface area contributed by atoms with Crippen LogP contribution in [-0.4, -0.2) is 23.6 Å². The minimum Gasteiger partial charge on any atom is -0.492 e. The lowest BCUT2D eigenvalue weighted by Crippen LogP contribution is -2.33. The van der Waals surface area contributed by atoms with E-state index in [1.807, 2.05) is 6.07 Å². The number of para-hydroxylation sites is 1. The molecule has 0 bridgehead atoms. The molecular formula is C23H19ClFN3O4. The molecule has 4 rings (SSSR count). The van der Waals surface area contributed by atoms with Gasteiger partial charge in [-0.05, 0) is 36.4 Å². The summed E-state index contributed by atoms with van der Waals surface area (Å²) in [7, 11) is 0. The van der Waals surface area contributed by atoms with Crippen LogP contribution in [0.4, 0.5) is 14.9 Å². The molecule has 1 atom stereocenters. The predicted molar refractivity (Wildman–Crippen MR) is 116 cm³/mol. The second-order valence-electron chi connectivity index (χ2n) is 7.04. The van der Waals surface area contributed by atoms with Crippen LogP contribution in [-0.2, 0) is 11.3 Å². The van der Waals surface area contributed by atoms with Crippen molar-refractivity contribution < 1.29 is 23.5 Å². The predicted octanol–water partition coefficient (Wildman–Crippen LogP) is 4.88. The van der Waals surface area contributed by atoms with E-state index in [0.29, 0.717) is 35.7 Å². The van der Waals surface area contributed by atoms with E-state index in [-0.39, 0.29) is 23.2 Å². The average Bonchev–Trinajstić information content (AvgIpc) is 2.80. The minimum atomic E-state index is -0.593. The maximum atomic E-state index is 13.4. The van der Waals surface area contributed by atoms with Gasteiger partial charge in [-0.1, -0.05) is 29.8 Å². The third-order valence-corrected chi connectivity index (χ3v) is 5.15. The maximum absolute atomic E-state index is 13.4. The molecule has 3 aromatic rings. The Labute approximate surface area is 188 Å². The molecule has 2 amide bonds. The average molecular weight is 456 g/mol. The van der Waals surface area contributed by atoms with Gasteiger partial charge in [0.05, 0.1) is 28.9 Å². The van der Waals surface area contributed by atoms with Crippen LogP contribution in [0.5, 0.6) is 5.75 Å². The lowest BCUT2D eigenvalue weighted by atomic mass is 9.97. The number of aromatic nitrogens is 1. The number of pyridine rings is 1. The van der Waals surface area contributed by atoms with Crippen LogP contribution in [0.3, 0.4) is 0 Å². The minimum absolute atomic E-state index is 0.0470. The van der Waals surface area contributed by atoms with E-state index in [4.69, 9.17) is 21.1 Å². The Morgan fingerprint density at radius 1 is 1.19 bits per heavy atom. The highest BCUT2D eigenvalue weighted by molar-refractivity contribution is 6.31. The number of hydrogen-bond donors (Lipinski definition) is 2. The highest BCUT2D eigenvalue weighted by Crippen LogP contribution is 2.35. The number of benzene rings is 2. The summed E-state index contributed by atoms with van der Waals surface area (Å²) in [6.45, 7) is 0.357. The fourth-order valence-electron chi connectivity index (χ4n) is 3.33. The van der Waals surface area contributed by atoms with Gasteiger partial charge in [0.25, 0.3) is 5.91 Å². The fraction of sp³-hybridized carbons (Fsp3) is 0.174. The van der Waals surface area contributed by atoms with Crippen molar-refractivity contribution in [2.24, 2.45) is 0 Å². The number of hydrogen-bond acceptors (Lipinski definition) is 5. The molecule has 0 saturated carbocycles. The second-order valence-corrected chi connectivity index (χ2v) is 7.45. The first kappa shape index (κ1) is 21.6. The van der Waals surface area contributed by atoms with Crippen LogP contribution in [0, 0.1) is 5.82 Å². The van der Waals surface area contributed by atoms with E-state index >= 15 is 0 Å². The van der Waals surface area contributed by atoms with Crippen molar-refractivity contribution in [3.05, 3.63) is 88.5 Å². The molecule has 0 fully saturated rings. The van der Waals surface area contributed by atoms with Crippen molar-refractivity contribution >= 4 is 29.3 Å². The number of nitrogens with one attached hydrogen (secondary N) is 2.